The van der Waals surface area contributed by atoms with Gasteiger partial charge in [0.15, 0.2) is 13.7 Å². The molecule has 2 spiro atoms. The van der Waals surface area contributed by atoms with Crippen LogP contribution in [0.5, 0.6) is 0 Å². The van der Waals surface area contributed by atoms with Crippen LogP contribution in [0.25, 0.3) is 44.2 Å². The van der Waals surface area contributed by atoms with Crippen LogP contribution in [0, 0.1) is 0 Å². The third-order valence-electron chi connectivity index (χ3n) is 14.9. The Bertz CT molecular complexity index is 3410. The summed E-state index contributed by atoms with van der Waals surface area (Å²) >= 11 is 0. The van der Waals surface area contributed by atoms with Gasteiger partial charge in [0.25, 0.3) is 0 Å². The number of hydrogen-bond acceptors (Lipinski definition) is 2. The highest BCUT2D eigenvalue weighted by atomic mass is 28.3. The molecule has 0 atom stereocenters. The maximum atomic E-state index is 7.25. The second-order valence-corrected chi connectivity index (χ2v) is 21.5. The Balaban J connectivity index is 1.16. The molecule has 10 aromatic rings. The minimum absolute atomic E-state index is 0.179. The summed E-state index contributed by atoms with van der Waals surface area (Å²) in [5.41, 5.74) is 17.9. The zero-order valence-corrected chi connectivity index (χ0v) is 34.9. The van der Waals surface area contributed by atoms with E-state index in [1.54, 1.807) is 0 Å². The molecule has 14 rings (SSSR count). The summed E-state index contributed by atoms with van der Waals surface area (Å²) in [5.74, 6) is 0. The maximum absolute atomic E-state index is 7.25. The molecule has 1 aliphatic carbocycles. The molecule has 9 aromatic carbocycles. The van der Waals surface area contributed by atoms with Gasteiger partial charge in [-0.15, -0.1) is 0 Å². The molecular weight excluding hydrogens is 755 g/mol. The molecule has 1 aromatic heterocycles. The molecule has 0 saturated heterocycles. The highest BCUT2D eigenvalue weighted by Gasteiger charge is 2.57. The summed E-state index contributed by atoms with van der Waals surface area (Å²) in [6.45, 7) is 4.79. The Morgan fingerprint density at radius 2 is 0.852 bits per heavy atom. The Kier molecular flexibility index (Phi) is 6.36. The van der Waals surface area contributed by atoms with Crippen molar-refractivity contribution in [2.24, 2.45) is 0 Å². The number of anilines is 3. The highest BCUT2D eigenvalue weighted by molar-refractivity contribution is 7.24. The van der Waals surface area contributed by atoms with E-state index in [0.29, 0.717) is 0 Å². The first kappa shape index (κ1) is 33.6. The lowest BCUT2D eigenvalue weighted by Gasteiger charge is -2.52. The number of nitrogens with zero attached hydrogens (tertiary/aromatic N) is 1. The van der Waals surface area contributed by atoms with Crippen LogP contribution in [0.4, 0.5) is 17.1 Å². The number of hydrogen-bond donors (Lipinski definition) is 0. The lowest BCUT2D eigenvalue weighted by Crippen LogP contribution is -2.70. The van der Waals surface area contributed by atoms with Crippen LogP contribution in [-0.2, 0) is 10.8 Å². The number of fused-ring (bicyclic) bond motifs is 22. The summed E-state index contributed by atoms with van der Waals surface area (Å²) in [4.78, 5) is 2.56. The van der Waals surface area contributed by atoms with E-state index in [1.165, 1.54) is 93.1 Å². The maximum Gasteiger partial charge on any atom is 0.182 e. The first-order chi connectivity index (χ1) is 30.1. The number of para-hydroxylation sites is 3. The minimum Gasteiger partial charge on any atom is -0.454 e. The van der Waals surface area contributed by atoms with E-state index >= 15 is 0 Å². The lowest BCUT2D eigenvalue weighted by atomic mass is 9.53. The molecule has 3 heteroatoms. The monoisotopic (exact) mass is 793 g/mol. The molecule has 0 radical (unpaired) electrons. The zero-order chi connectivity index (χ0) is 40.2. The van der Waals surface area contributed by atoms with Crippen molar-refractivity contribution in [1.29, 1.82) is 0 Å². The molecule has 61 heavy (non-hydrogen) atoms. The van der Waals surface area contributed by atoms with Crippen molar-refractivity contribution in [3.05, 3.63) is 234 Å². The van der Waals surface area contributed by atoms with Crippen LogP contribution in [0.2, 0.25) is 0 Å². The molecule has 0 unspecified atom stereocenters. The average molecular weight is 794 g/mol. The number of benzene rings is 9. The SMILES string of the molecule is CC1(C)c2ccccc2C2(c3ccccc3N(c3cc4c(c5c3oc3ccccc35)-c3ccccc3[Si]43c4ccccc4-c4ccccc43)c3ccccc32)c2ccccc21. The average Bonchev–Trinajstić information content (AvgIpc) is 3.95. The summed E-state index contributed by atoms with van der Waals surface area (Å²) in [7, 11) is -2.83. The molecule has 0 saturated carbocycles. The van der Waals surface area contributed by atoms with Gasteiger partial charge in [0.2, 0.25) is 0 Å². The van der Waals surface area contributed by atoms with Crippen LogP contribution in [0.1, 0.15) is 47.2 Å². The van der Waals surface area contributed by atoms with Crippen molar-refractivity contribution in [2.75, 3.05) is 4.90 Å². The number of furan rings is 1. The summed E-state index contributed by atoms with van der Waals surface area (Å²) in [6.07, 6.45) is 0. The second kappa shape index (κ2) is 11.5. The van der Waals surface area contributed by atoms with Crippen molar-refractivity contribution in [3.63, 3.8) is 0 Å². The van der Waals surface area contributed by atoms with Gasteiger partial charge < -0.3 is 9.32 Å². The lowest BCUT2D eigenvalue weighted by molar-refractivity contribution is 0.556. The highest BCUT2D eigenvalue weighted by Crippen LogP contribution is 2.63. The first-order valence-electron chi connectivity index (χ1n) is 21.5. The van der Waals surface area contributed by atoms with Crippen LogP contribution in [-0.4, -0.2) is 8.07 Å². The van der Waals surface area contributed by atoms with Crippen LogP contribution < -0.4 is 25.6 Å². The van der Waals surface area contributed by atoms with Crippen molar-refractivity contribution in [2.45, 2.75) is 24.7 Å². The van der Waals surface area contributed by atoms with E-state index in [2.05, 4.69) is 219 Å². The summed E-state index contributed by atoms with van der Waals surface area (Å²) in [6, 6.07) is 75.8. The Morgan fingerprint density at radius 1 is 0.410 bits per heavy atom. The van der Waals surface area contributed by atoms with Gasteiger partial charge >= 0.3 is 0 Å². The predicted molar refractivity (Wildman–Crippen MR) is 254 cm³/mol. The minimum atomic E-state index is -2.83. The van der Waals surface area contributed by atoms with E-state index in [1.807, 2.05) is 0 Å². The standard InChI is InChI=1S/C58H39NOSi/c1-57(2)40-23-7-9-25-42(40)58(43-26-10-8-24-41(43)57)44-27-11-13-29-46(44)59(47-30-14-12-28-45(47)58)48-35-53-54(55-38-21-3-15-31-49(38)60-56(48)55)39-22-6-18-34-52(39)61(53)50-32-16-4-19-36(50)37-20-5-17-33-51(37)61/h3-35H,1-2H3. The third-order valence-corrected chi connectivity index (χ3v) is 19.9. The topological polar surface area (TPSA) is 16.4 Å². The Hall–Kier alpha value is -7.20. The largest absolute Gasteiger partial charge is 0.454 e. The molecule has 0 fully saturated rings. The second-order valence-electron chi connectivity index (χ2n) is 17.8. The first-order valence-corrected chi connectivity index (χ1v) is 23.5. The summed E-state index contributed by atoms with van der Waals surface area (Å²) < 4.78 is 7.25. The molecule has 0 bridgehead atoms. The fourth-order valence-corrected chi connectivity index (χ4v) is 18.3. The van der Waals surface area contributed by atoms with Crippen LogP contribution in [0.15, 0.2) is 205 Å². The molecule has 286 valence electrons. The van der Waals surface area contributed by atoms with Gasteiger partial charge in [-0.2, -0.15) is 0 Å². The van der Waals surface area contributed by atoms with Crippen molar-refractivity contribution < 1.29 is 4.42 Å². The van der Waals surface area contributed by atoms with Crippen molar-refractivity contribution in [1.82, 2.24) is 0 Å². The predicted octanol–water partition coefficient (Wildman–Crippen LogP) is 11.7. The molecular formula is C58H39NOSi. The van der Waals surface area contributed by atoms with E-state index in [4.69, 9.17) is 4.42 Å². The van der Waals surface area contributed by atoms with Crippen LogP contribution in [0.3, 0.4) is 0 Å². The molecule has 4 aliphatic rings. The van der Waals surface area contributed by atoms with Crippen LogP contribution >= 0.6 is 0 Å². The smallest absolute Gasteiger partial charge is 0.182 e. The molecule has 0 N–H and O–H groups in total. The Morgan fingerprint density at radius 3 is 1.44 bits per heavy atom. The van der Waals surface area contributed by atoms with E-state index in [9.17, 15) is 0 Å². The zero-order valence-electron chi connectivity index (χ0n) is 33.9. The molecule has 2 nitrogen and oxygen atoms in total. The van der Waals surface area contributed by atoms with E-state index < -0.39 is 13.5 Å². The molecule has 4 heterocycles. The van der Waals surface area contributed by atoms with E-state index in [0.717, 1.165) is 22.2 Å². The van der Waals surface area contributed by atoms with Gasteiger partial charge in [-0.1, -0.05) is 190 Å². The van der Waals surface area contributed by atoms with E-state index in [-0.39, 0.29) is 5.41 Å². The van der Waals surface area contributed by atoms with Gasteiger partial charge in [-0.3, -0.25) is 0 Å². The normalized spacial score (nSPS) is 16.1. The summed E-state index contributed by atoms with van der Waals surface area (Å²) in [5, 5.41) is 8.19. The molecule has 3 aliphatic heterocycles. The quantitative estimate of drug-likeness (QED) is 0.154. The van der Waals surface area contributed by atoms with Gasteiger partial charge in [-0.05, 0) is 101 Å². The van der Waals surface area contributed by atoms with Crippen molar-refractivity contribution >= 4 is 67.8 Å². The number of rotatable bonds is 1. The van der Waals surface area contributed by atoms with Gasteiger partial charge in [0.05, 0.1) is 22.5 Å². The van der Waals surface area contributed by atoms with Gasteiger partial charge in [0, 0.05) is 16.2 Å². The van der Waals surface area contributed by atoms with Crippen molar-refractivity contribution in [3.8, 4) is 22.3 Å². The Labute approximate surface area is 356 Å². The van der Waals surface area contributed by atoms with Gasteiger partial charge in [0.1, 0.15) is 5.58 Å². The third kappa shape index (κ3) is 3.82. The fraction of sp³-hybridized carbons (Fsp3) is 0.0690. The fourth-order valence-electron chi connectivity index (χ4n) is 12.7. The van der Waals surface area contributed by atoms with Gasteiger partial charge in [-0.25, -0.2) is 0 Å². The molecule has 0 amide bonds.